The van der Waals surface area contributed by atoms with Crippen LogP contribution in [0.5, 0.6) is 5.75 Å². The summed E-state index contributed by atoms with van der Waals surface area (Å²) in [4.78, 5) is 11.8. The number of halogens is 3. The van der Waals surface area contributed by atoms with Gasteiger partial charge >= 0.3 is 0 Å². The summed E-state index contributed by atoms with van der Waals surface area (Å²) in [6.45, 7) is 0.0939. The summed E-state index contributed by atoms with van der Waals surface area (Å²) in [5, 5.41) is 3.82. The number of nitrogens with zero attached hydrogens (tertiary/aromatic N) is 2. The number of hydrogen-bond donors (Lipinski definition) is 0. The van der Waals surface area contributed by atoms with E-state index in [2.05, 4.69) is 5.10 Å². The summed E-state index contributed by atoms with van der Waals surface area (Å²) in [5.41, 5.74) is 0.0386. The van der Waals surface area contributed by atoms with Crippen molar-refractivity contribution in [2.75, 3.05) is 7.11 Å². The Hall–Kier alpha value is -1.59. The van der Waals surface area contributed by atoms with E-state index >= 15 is 0 Å². The van der Waals surface area contributed by atoms with E-state index in [1.54, 1.807) is 6.07 Å². The lowest BCUT2D eigenvalue weighted by Gasteiger charge is -2.07. The minimum atomic E-state index is -0.523. The predicted octanol–water partition coefficient (Wildman–Crippen LogP) is 2.75. The molecule has 2 rings (SSSR count). The monoisotopic (exact) mass is 302 g/mol. The van der Waals surface area contributed by atoms with Gasteiger partial charge in [0.05, 0.1) is 24.9 Å². The topological polar surface area (TPSA) is 44.1 Å². The van der Waals surface area contributed by atoms with E-state index in [1.165, 1.54) is 25.4 Å². The number of aromatic nitrogens is 2. The fourth-order valence-corrected chi connectivity index (χ4v) is 1.81. The largest absolute Gasteiger partial charge is 0.494 e. The van der Waals surface area contributed by atoms with Crippen LogP contribution in [-0.4, -0.2) is 16.9 Å². The van der Waals surface area contributed by atoms with Crippen LogP contribution in [0.3, 0.4) is 0 Å². The minimum Gasteiger partial charge on any atom is -0.494 e. The standard InChI is InChI=1S/C12H9Cl2FN2O2/c1-19-10-3-2-7(4-9(10)15)6-17-12(18)11(14)8(13)5-16-17/h2-5H,6H2,1H3. The zero-order valence-electron chi connectivity index (χ0n) is 9.86. The van der Waals surface area contributed by atoms with Crippen molar-refractivity contribution in [2.24, 2.45) is 0 Å². The van der Waals surface area contributed by atoms with Crippen molar-refractivity contribution < 1.29 is 9.13 Å². The van der Waals surface area contributed by atoms with E-state index in [9.17, 15) is 9.18 Å². The van der Waals surface area contributed by atoms with Gasteiger partial charge in [0.1, 0.15) is 5.02 Å². The summed E-state index contributed by atoms with van der Waals surface area (Å²) in [5.74, 6) is -0.369. The van der Waals surface area contributed by atoms with Crippen LogP contribution >= 0.6 is 23.2 Å². The van der Waals surface area contributed by atoms with E-state index < -0.39 is 11.4 Å². The molecule has 0 aliphatic carbocycles. The third-order valence-electron chi connectivity index (χ3n) is 2.49. The van der Waals surface area contributed by atoms with Gasteiger partial charge in [0.25, 0.3) is 5.56 Å². The maximum absolute atomic E-state index is 13.5. The van der Waals surface area contributed by atoms with Gasteiger partial charge in [-0.25, -0.2) is 9.07 Å². The van der Waals surface area contributed by atoms with Crippen molar-refractivity contribution in [2.45, 2.75) is 6.54 Å². The van der Waals surface area contributed by atoms with Gasteiger partial charge in [-0.1, -0.05) is 29.3 Å². The highest BCUT2D eigenvalue weighted by Gasteiger charge is 2.09. The molecule has 0 N–H and O–H groups in total. The smallest absolute Gasteiger partial charge is 0.287 e. The lowest BCUT2D eigenvalue weighted by molar-refractivity contribution is 0.386. The Morgan fingerprint density at radius 1 is 1.42 bits per heavy atom. The van der Waals surface area contributed by atoms with E-state index in [0.717, 1.165) is 4.68 Å². The first-order chi connectivity index (χ1) is 9.02. The van der Waals surface area contributed by atoms with Gasteiger partial charge in [0, 0.05) is 0 Å². The zero-order valence-corrected chi connectivity index (χ0v) is 11.4. The molecule has 1 heterocycles. The average Bonchev–Trinajstić information content (AvgIpc) is 2.40. The molecule has 4 nitrogen and oxygen atoms in total. The molecule has 0 aliphatic rings. The van der Waals surface area contributed by atoms with Crippen LogP contribution < -0.4 is 10.3 Å². The summed E-state index contributed by atoms with van der Waals surface area (Å²) in [6, 6.07) is 4.39. The highest BCUT2D eigenvalue weighted by Crippen LogP contribution is 2.18. The first kappa shape index (κ1) is 13.8. The number of hydrogen-bond acceptors (Lipinski definition) is 3. The van der Waals surface area contributed by atoms with Gasteiger partial charge in [0.15, 0.2) is 11.6 Å². The second kappa shape index (κ2) is 5.59. The molecular formula is C12H9Cl2FN2O2. The Bertz CT molecular complexity index is 673. The second-order valence-electron chi connectivity index (χ2n) is 3.74. The molecule has 1 aromatic heterocycles. The summed E-state index contributed by atoms with van der Waals surface area (Å²) in [7, 11) is 1.38. The Morgan fingerprint density at radius 3 is 2.79 bits per heavy atom. The second-order valence-corrected chi connectivity index (χ2v) is 4.52. The molecule has 0 spiro atoms. The number of benzene rings is 1. The SMILES string of the molecule is COc1ccc(Cn2ncc(Cl)c(Cl)c2=O)cc1F. The van der Waals surface area contributed by atoms with Crippen molar-refractivity contribution in [1.29, 1.82) is 0 Å². The van der Waals surface area contributed by atoms with Crippen LogP contribution in [0.1, 0.15) is 5.56 Å². The van der Waals surface area contributed by atoms with Crippen LogP contribution in [0.2, 0.25) is 10.0 Å². The third-order valence-corrected chi connectivity index (χ3v) is 3.24. The fraction of sp³-hybridized carbons (Fsp3) is 0.167. The Labute approximate surface area is 118 Å². The summed E-state index contributed by atoms with van der Waals surface area (Å²) in [6.07, 6.45) is 1.27. The van der Waals surface area contributed by atoms with Gasteiger partial charge in [-0.05, 0) is 17.7 Å². The molecule has 0 unspecified atom stereocenters. The van der Waals surface area contributed by atoms with Gasteiger partial charge in [-0.3, -0.25) is 4.79 Å². The number of ether oxygens (including phenoxy) is 1. The Balaban J connectivity index is 2.34. The minimum absolute atomic E-state index is 0.0869. The van der Waals surface area contributed by atoms with Crippen LogP contribution in [0.25, 0.3) is 0 Å². The molecule has 0 saturated carbocycles. The van der Waals surface area contributed by atoms with Crippen LogP contribution in [0, 0.1) is 5.82 Å². The third kappa shape index (κ3) is 2.88. The van der Waals surface area contributed by atoms with E-state index in [4.69, 9.17) is 27.9 Å². The first-order valence-corrected chi connectivity index (χ1v) is 6.02. The van der Waals surface area contributed by atoms with Crippen molar-refractivity contribution in [1.82, 2.24) is 9.78 Å². The summed E-state index contributed by atoms with van der Waals surface area (Å²) >= 11 is 11.4. The first-order valence-electron chi connectivity index (χ1n) is 5.26. The van der Waals surface area contributed by atoms with Crippen LogP contribution in [-0.2, 0) is 6.54 Å². The quantitative estimate of drug-likeness (QED) is 0.875. The molecule has 19 heavy (non-hydrogen) atoms. The molecule has 0 atom stereocenters. The zero-order chi connectivity index (χ0) is 14.0. The molecule has 0 fully saturated rings. The van der Waals surface area contributed by atoms with Crippen molar-refractivity contribution in [3.8, 4) is 5.75 Å². The van der Waals surface area contributed by atoms with Crippen LogP contribution in [0.4, 0.5) is 4.39 Å². The van der Waals surface area contributed by atoms with E-state index in [0.29, 0.717) is 5.56 Å². The average molecular weight is 303 g/mol. The van der Waals surface area contributed by atoms with Crippen molar-refractivity contribution in [3.05, 3.63) is 56.2 Å². The molecule has 0 amide bonds. The maximum Gasteiger partial charge on any atom is 0.287 e. The van der Waals surface area contributed by atoms with E-state index in [1.807, 2.05) is 0 Å². The highest BCUT2D eigenvalue weighted by molar-refractivity contribution is 6.41. The molecule has 7 heteroatoms. The molecule has 0 bridgehead atoms. The lowest BCUT2D eigenvalue weighted by atomic mass is 10.2. The maximum atomic E-state index is 13.5. The normalized spacial score (nSPS) is 10.5. The fourth-order valence-electron chi connectivity index (χ4n) is 1.54. The lowest BCUT2D eigenvalue weighted by Crippen LogP contribution is -2.23. The predicted molar refractivity (Wildman–Crippen MR) is 70.6 cm³/mol. The van der Waals surface area contributed by atoms with Gasteiger partial charge in [-0.2, -0.15) is 5.10 Å². The molecule has 1 aromatic carbocycles. The van der Waals surface area contributed by atoms with Crippen LogP contribution in [0.15, 0.2) is 29.2 Å². The molecular weight excluding hydrogens is 294 g/mol. The molecule has 0 aliphatic heterocycles. The van der Waals surface area contributed by atoms with Crippen molar-refractivity contribution >= 4 is 23.2 Å². The number of rotatable bonds is 3. The van der Waals surface area contributed by atoms with Crippen molar-refractivity contribution in [3.63, 3.8) is 0 Å². The van der Waals surface area contributed by atoms with Gasteiger partial charge in [0.2, 0.25) is 0 Å². The molecule has 0 saturated heterocycles. The van der Waals surface area contributed by atoms with E-state index in [-0.39, 0.29) is 22.3 Å². The Morgan fingerprint density at radius 2 is 2.16 bits per heavy atom. The Kier molecular flexibility index (Phi) is 4.07. The van der Waals surface area contributed by atoms with Gasteiger partial charge in [-0.15, -0.1) is 0 Å². The highest BCUT2D eigenvalue weighted by atomic mass is 35.5. The molecule has 2 aromatic rings. The molecule has 0 radical (unpaired) electrons. The molecule has 100 valence electrons. The van der Waals surface area contributed by atoms with Gasteiger partial charge < -0.3 is 4.74 Å². The summed E-state index contributed by atoms with van der Waals surface area (Å²) < 4.78 is 19.4. The number of methoxy groups -OCH3 is 1.